The Hall–Kier alpha value is 0.160. The summed E-state index contributed by atoms with van der Waals surface area (Å²) in [6, 6.07) is 0.720. The van der Waals surface area contributed by atoms with Gasteiger partial charge in [0, 0.05) is 18.6 Å². The van der Waals surface area contributed by atoms with E-state index in [9.17, 15) is 8.42 Å². The molecule has 0 aromatic carbocycles. The van der Waals surface area contributed by atoms with E-state index in [0.717, 1.165) is 13.0 Å². The Kier molecular flexibility index (Phi) is 8.43. The fraction of sp³-hybridized carbons (Fsp3) is 1.00. The van der Waals surface area contributed by atoms with E-state index in [0.29, 0.717) is 12.6 Å². The summed E-state index contributed by atoms with van der Waals surface area (Å²) in [5.41, 5.74) is 0. The Morgan fingerprint density at radius 1 is 1.28 bits per heavy atom. The summed E-state index contributed by atoms with van der Waals surface area (Å²) in [7, 11) is -3.06. The second-order valence-corrected chi connectivity index (χ2v) is 7.19. The molecule has 4 nitrogen and oxygen atoms in total. The summed E-state index contributed by atoms with van der Waals surface area (Å²) in [5, 5.41) is 3.51. The first-order chi connectivity index (χ1) is 7.91. The minimum absolute atomic E-state index is 0. The normalized spacial score (nSPS) is 17.4. The third-order valence-electron chi connectivity index (χ3n) is 3.35. The van der Waals surface area contributed by atoms with Crippen LogP contribution in [0, 0.1) is 0 Å². The van der Waals surface area contributed by atoms with Gasteiger partial charge in [-0.1, -0.05) is 12.8 Å². The zero-order valence-electron chi connectivity index (χ0n) is 11.7. The van der Waals surface area contributed by atoms with Crippen LogP contribution in [0.25, 0.3) is 0 Å². The third kappa shape index (κ3) is 6.36. The Bertz CT molecular complexity index is 314. The van der Waals surface area contributed by atoms with Gasteiger partial charge in [-0.15, -0.1) is 12.4 Å². The van der Waals surface area contributed by atoms with Crippen molar-refractivity contribution in [1.82, 2.24) is 9.62 Å². The lowest BCUT2D eigenvalue weighted by molar-refractivity contribution is 0.346. The smallest absolute Gasteiger partial charge is 0.211 e. The van der Waals surface area contributed by atoms with Gasteiger partial charge >= 0.3 is 0 Å². The zero-order chi connectivity index (χ0) is 12.9. The Balaban J connectivity index is 0.00000289. The van der Waals surface area contributed by atoms with Gasteiger partial charge in [0.15, 0.2) is 0 Å². The first-order valence-corrected chi connectivity index (χ1v) is 8.46. The van der Waals surface area contributed by atoms with E-state index in [2.05, 4.69) is 5.32 Å². The molecule has 0 bridgehead atoms. The molecule has 0 atom stereocenters. The molecule has 1 aliphatic rings. The molecule has 6 heteroatoms. The van der Waals surface area contributed by atoms with Gasteiger partial charge in [-0.25, -0.2) is 8.42 Å². The van der Waals surface area contributed by atoms with Crippen molar-refractivity contribution >= 4 is 22.4 Å². The highest BCUT2D eigenvalue weighted by molar-refractivity contribution is 7.88. The maximum absolute atomic E-state index is 11.5. The molecule has 0 spiro atoms. The largest absolute Gasteiger partial charge is 0.314 e. The summed E-state index contributed by atoms with van der Waals surface area (Å²) in [4.78, 5) is 0. The third-order valence-corrected chi connectivity index (χ3v) is 4.80. The summed E-state index contributed by atoms with van der Waals surface area (Å²) in [5.74, 6) is 0. The lowest BCUT2D eigenvalue weighted by Gasteiger charge is -2.24. The van der Waals surface area contributed by atoms with Gasteiger partial charge in [-0.2, -0.15) is 4.31 Å². The lowest BCUT2D eigenvalue weighted by Crippen LogP contribution is -2.38. The Labute approximate surface area is 118 Å². The maximum atomic E-state index is 11.5. The van der Waals surface area contributed by atoms with Gasteiger partial charge in [-0.3, -0.25) is 0 Å². The average Bonchev–Trinajstić information content (AvgIpc) is 2.67. The van der Waals surface area contributed by atoms with Crippen molar-refractivity contribution in [2.45, 2.75) is 58.0 Å². The molecule has 110 valence electrons. The molecular formula is C12H27ClN2O2S. The van der Waals surface area contributed by atoms with Crippen LogP contribution in [-0.4, -0.2) is 44.2 Å². The van der Waals surface area contributed by atoms with E-state index in [4.69, 9.17) is 0 Å². The molecule has 1 fully saturated rings. The minimum Gasteiger partial charge on any atom is -0.314 e. The van der Waals surface area contributed by atoms with Crippen LogP contribution >= 0.6 is 12.4 Å². The number of nitrogens with one attached hydrogen (secondary N) is 1. The van der Waals surface area contributed by atoms with Crippen LogP contribution in [-0.2, 0) is 10.0 Å². The summed E-state index contributed by atoms with van der Waals surface area (Å²) < 4.78 is 24.6. The second kappa shape index (κ2) is 8.35. The Morgan fingerprint density at radius 3 is 2.28 bits per heavy atom. The van der Waals surface area contributed by atoms with Gasteiger partial charge in [0.25, 0.3) is 0 Å². The predicted molar refractivity (Wildman–Crippen MR) is 78.8 cm³/mol. The summed E-state index contributed by atoms with van der Waals surface area (Å²) >= 11 is 0. The topological polar surface area (TPSA) is 49.4 Å². The van der Waals surface area contributed by atoms with Crippen molar-refractivity contribution in [2.75, 3.05) is 19.3 Å². The fourth-order valence-electron chi connectivity index (χ4n) is 2.48. The molecule has 1 rings (SSSR count). The Morgan fingerprint density at radius 2 is 1.83 bits per heavy atom. The highest BCUT2D eigenvalue weighted by atomic mass is 35.5. The fourth-order valence-corrected chi connectivity index (χ4v) is 3.70. The molecule has 0 heterocycles. The molecule has 0 radical (unpaired) electrons. The van der Waals surface area contributed by atoms with Crippen molar-refractivity contribution in [3.63, 3.8) is 0 Å². The van der Waals surface area contributed by atoms with Crippen LogP contribution < -0.4 is 5.32 Å². The van der Waals surface area contributed by atoms with Crippen LogP contribution in [0.5, 0.6) is 0 Å². The predicted octanol–water partition coefficient (Wildman–Crippen LogP) is 2.00. The van der Waals surface area contributed by atoms with E-state index in [1.807, 2.05) is 13.8 Å². The van der Waals surface area contributed by atoms with Crippen LogP contribution in [0.3, 0.4) is 0 Å². The highest BCUT2D eigenvalue weighted by Crippen LogP contribution is 2.17. The molecule has 18 heavy (non-hydrogen) atoms. The number of sulfonamides is 1. The number of hydrogen-bond donors (Lipinski definition) is 1. The molecule has 1 N–H and O–H groups in total. The van der Waals surface area contributed by atoms with Gasteiger partial charge in [-0.05, 0) is 39.7 Å². The number of halogens is 1. The summed E-state index contributed by atoms with van der Waals surface area (Å²) in [6.07, 6.45) is 7.40. The van der Waals surface area contributed by atoms with E-state index in [-0.39, 0.29) is 18.4 Å². The number of hydrogen-bond acceptors (Lipinski definition) is 3. The van der Waals surface area contributed by atoms with Gasteiger partial charge in [0.2, 0.25) is 10.0 Å². The first kappa shape index (κ1) is 18.2. The number of nitrogens with zero attached hydrogens (tertiary/aromatic N) is 1. The van der Waals surface area contributed by atoms with Crippen LogP contribution in [0.1, 0.15) is 46.0 Å². The molecule has 0 saturated heterocycles. The van der Waals surface area contributed by atoms with Crippen LogP contribution in [0.4, 0.5) is 0 Å². The minimum atomic E-state index is -3.06. The van der Waals surface area contributed by atoms with Gasteiger partial charge in [0.05, 0.1) is 6.26 Å². The summed E-state index contributed by atoms with van der Waals surface area (Å²) in [6.45, 7) is 5.39. The van der Waals surface area contributed by atoms with E-state index >= 15 is 0 Å². The molecular weight excluding hydrogens is 272 g/mol. The van der Waals surface area contributed by atoms with Crippen LogP contribution in [0.15, 0.2) is 0 Å². The first-order valence-electron chi connectivity index (χ1n) is 6.61. The van der Waals surface area contributed by atoms with Gasteiger partial charge in [0.1, 0.15) is 0 Å². The molecule has 1 saturated carbocycles. The molecule has 0 aromatic rings. The molecule has 1 aliphatic carbocycles. The zero-order valence-corrected chi connectivity index (χ0v) is 13.3. The van der Waals surface area contributed by atoms with Crippen molar-refractivity contribution in [3.05, 3.63) is 0 Å². The van der Waals surface area contributed by atoms with Crippen molar-refractivity contribution in [1.29, 1.82) is 0 Å². The van der Waals surface area contributed by atoms with Gasteiger partial charge < -0.3 is 5.32 Å². The second-order valence-electron chi connectivity index (χ2n) is 5.26. The van der Waals surface area contributed by atoms with Crippen molar-refractivity contribution in [3.8, 4) is 0 Å². The molecule has 0 unspecified atom stereocenters. The molecule has 0 aliphatic heterocycles. The van der Waals surface area contributed by atoms with E-state index in [1.54, 1.807) is 4.31 Å². The van der Waals surface area contributed by atoms with E-state index in [1.165, 1.54) is 31.9 Å². The van der Waals surface area contributed by atoms with Crippen molar-refractivity contribution < 1.29 is 8.42 Å². The van der Waals surface area contributed by atoms with Crippen LogP contribution in [0.2, 0.25) is 0 Å². The standard InChI is InChI=1S/C12H26N2O2S.ClH/c1-11(2)14(17(3,15)16)10-6-9-13-12-7-4-5-8-12;/h11-13H,4-10H2,1-3H3;1H. The molecule has 0 amide bonds. The SMILES string of the molecule is CC(C)N(CCCNC1CCCC1)S(C)(=O)=O.Cl. The van der Waals surface area contributed by atoms with Crippen molar-refractivity contribution in [2.24, 2.45) is 0 Å². The monoisotopic (exact) mass is 298 g/mol. The number of rotatable bonds is 7. The van der Waals surface area contributed by atoms with E-state index < -0.39 is 10.0 Å². The molecule has 0 aromatic heterocycles. The highest BCUT2D eigenvalue weighted by Gasteiger charge is 2.19. The quantitative estimate of drug-likeness (QED) is 0.732. The average molecular weight is 299 g/mol. The lowest BCUT2D eigenvalue weighted by atomic mass is 10.2. The maximum Gasteiger partial charge on any atom is 0.211 e.